The summed E-state index contributed by atoms with van der Waals surface area (Å²) < 4.78 is 9.64. The number of benzene rings is 1. The van der Waals surface area contributed by atoms with E-state index < -0.39 is 22.8 Å². The quantitative estimate of drug-likeness (QED) is 0.335. The minimum Gasteiger partial charge on any atom is -0.466 e. The number of nitro benzene ring substituents is 1. The number of nitro groups is 1. The Hall–Kier alpha value is -3.49. The normalized spacial score (nSPS) is 14.9. The molecule has 0 radical (unpaired) electrons. The second-order valence-electron chi connectivity index (χ2n) is 5.71. The first-order valence-electron chi connectivity index (χ1n) is 7.86. The zero-order valence-corrected chi connectivity index (χ0v) is 15.2. The number of esters is 2. The zero-order chi connectivity index (χ0) is 20.3. The fourth-order valence-electron chi connectivity index (χ4n) is 3.19. The number of allylic oxidation sites excluding steroid dienone is 2. The van der Waals surface area contributed by atoms with Crippen LogP contribution in [0.1, 0.15) is 25.3 Å². The maximum absolute atomic E-state index is 12.5. The topological polar surface area (TPSA) is 116 Å². The van der Waals surface area contributed by atoms with Gasteiger partial charge in [-0.1, -0.05) is 18.2 Å². The van der Waals surface area contributed by atoms with E-state index in [1.165, 1.54) is 32.0 Å². The Kier molecular flexibility index (Phi) is 5.74. The van der Waals surface area contributed by atoms with Gasteiger partial charge in [0, 0.05) is 23.0 Å². The molecule has 1 aromatic rings. The molecule has 1 aromatic carbocycles. The molecule has 142 valence electrons. The summed E-state index contributed by atoms with van der Waals surface area (Å²) in [5.74, 6) is -2.74. The van der Waals surface area contributed by atoms with Crippen LogP contribution in [0.2, 0.25) is 0 Å². The van der Waals surface area contributed by atoms with E-state index in [1.54, 1.807) is 6.07 Å². The van der Waals surface area contributed by atoms with E-state index in [4.69, 9.17) is 9.47 Å². The molecule has 0 fully saturated rings. The monoisotopic (exact) mass is 374 g/mol. The molecule has 0 saturated carbocycles. The molecule has 0 spiro atoms. The van der Waals surface area contributed by atoms with Crippen molar-refractivity contribution in [2.24, 2.45) is 0 Å². The van der Waals surface area contributed by atoms with Gasteiger partial charge in [0.2, 0.25) is 6.41 Å². The Bertz CT molecular complexity index is 845. The van der Waals surface area contributed by atoms with Gasteiger partial charge in [0.25, 0.3) is 5.69 Å². The van der Waals surface area contributed by atoms with E-state index in [0.29, 0.717) is 6.41 Å². The molecule has 0 saturated heterocycles. The molecule has 1 aliphatic heterocycles. The first-order valence-corrected chi connectivity index (χ1v) is 7.86. The number of hydrogen-bond donors (Lipinski definition) is 0. The summed E-state index contributed by atoms with van der Waals surface area (Å²) in [6.45, 7) is 3.00. The number of nitrogens with zero attached hydrogens (tertiary/aromatic N) is 2. The second-order valence-corrected chi connectivity index (χ2v) is 5.71. The Morgan fingerprint density at radius 3 is 1.96 bits per heavy atom. The first-order chi connectivity index (χ1) is 12.8. The number of ether oxygens (including phenoxy) is 2. The molecule has 9 heteroatoms. The van der Waals surface area contributed by atoms with Crippen molar-refractivity contribution in [2.45, 2.75) is 19.8 Å². The lowest BCUT2D eigenvalue weighted by atomic mass is 9.79. The molecular weight excluding hydrogens is 356 g/mol. The molecule has 9 nitrogen and oxygen atoms in total. The third-order valence-electron chi connectivity index (χ3n) is 4.44. The standard InChI is InChI=1S/C18H18N2O7/c1-10-14(17(22)26-3)16(12-7-5-6-8-13(12)20(24)25)15(18(23)27-4)11(2)19(10)9-21/h5-9,16H,1-4H3. The number of carbonyl (C=O) groups excluding carboxylic acids is 3. The smallest absolute Gasteiger partial charge is 0.336 e. The highest BCUT2D eigenvalue weighted by Crippen LogP contribution is 2.44. The van der Waals surface area contributed by atoms with Crippen molar-refractivity contribution in [3.05, 3.63) is 62.5 Å². The maximum Gasteiger partial charge on any atom is 0.336 e. The van der Waals surface area contributed by atoms with Gasteiger partial charge in [-0.05, 0) is 13.8 Å². The van der Waals surface area contributed by atoms with Crippen LogP contribution in [0, 0.1) is 10.1 Å². The van der Waals surface area contributed by atoms with E-state index in [0.717, 1.165) is 19.1 Å². The lowest BCUT2D eigenvalue weighted by Gasteiger charge is -2.34. The van der Waals surface area contributed by atoms with Gasteiger partial charge in [-0.15, -0.1) is 0 Å². The van der Waals surface area contributed by atoms with Crippen molar-refractivity contribution in [2.75, 3.05) is 14.2 Å². The van der Waals surface area contributed by atoms with Crippen LogP contribution in [0.15, 0.2) is 46.8 Å². The van der Waals surface area contributed by atoms with Crippen LogP contribution < -0.4 is 0 Å². The van der Waals surface area contributed by atoms with Crippen LogP contribution in [0.4, 0.5) is 5.69 Å². The van der Waals surface area contributed by atoms with Crippen LogP contribution >= 0.6 is 0 Å². The van der Waals surface area contributed by atoms with Crippen LogP contribution in [0.25, 0.3) is 0 Å². The summed E-state index contributed by atoms with van der Waals surface area (Å²) in [4.78, 5) is 48.6. The van der Waals surface area contributed by atoms with Gasteiger partial charge in [-0.3, -0.25) is 19.8 Å². The van der Waals surface area contributed by atoms with Gasteiger partial charge < -0.3 is 9.47 Å². The lowest BCUT2D eigenvalue weighted by Crippen LogP contribution is -2.34. The van der Waals surface area contributed by atoms with Crippen molar-refractivity contribution in [3.8, 4) is 0 Å². The van der Waals surface area contributed by atoms with E-state index in [1.807, 2.05) is 0 Å². The zero-order valence-electron chi connectivity index (χ0n) is 15.2. The molecule has 1 amide bonds. The van der Waals surface area contributed by atoms with Crippen molar-refractivity contribution in [1.29, 1.82) is 0 Å². The average molecular weight is 374 g/mol. The average Bonchev–Trinajstić information content (AvgIpc) is 2.66. The summed E-state index contributed by atoms with van der Waals surface area (Å²) in [5, 5.41) is 11.5. The third-order valence-corrected chi connectivity index (χ3v) is 4.44. The molecule has 1 heterocycles. The fourth-order valence-corrected chi connectivity index (χ4v) is 3.19. The molecule has 0 bridgehead atoms. The predicted octanol–water partition coefficient (Wildman–Crippen LogP) is 2.04. The fraction of sp³-hybridized carbons (Fsp3) is 0.278. The van der Waals surface area contributed by atoms with Gasteiger partial charge in [0.1, 0.15) is 0 Å². The van der Waals surface area contributed by atoms with E-state index in [2.05, 4.69) is 0 Å². The van der Waals surface area contributed by atoms with Crippen molar-refractivity contribution >= 4 is 24.0 Å². The van der Waals surface area contributed by atoms with Gasteiger partial charge in [-0.2, -0.15) is 0 Å². The molecule has 2 rings (SSSR count). The van der Waals surface area contributed by atoms with Crippen molar-refractivity contribution in [3.63, 3.8) is 0 Å². The Morgan fingerprint density at radius 1 is 1.07 bits per heavy atom. The van der Waals surface area contributed by atoms with Crippen molar-refractivity contribution in [1.82, 2.24) is 4.90 Å². The minimum absolute atomic E-state index is 0.0510. The number of methoxy groups -OCH3 is 2. The number of para-hydroxylation sites is 1. The summed E-state index contributed by atoms with van der Waals surface area (Å²) >= 11 is 0. The molecule has 0 atom stereocenters. The molecule has 0 aliphatic carbocycles. The van der Waals surface area contributed by atoms with Crippen LogP contribution in [-0.4, -0.2) is 42.4 Å². The molecule has 1 aliphatic rings. The Labute approximate surface area is 155 Å². The summed E-state index contributed by atoms with van der Waals surface area (Å²) in [7, 11) is 2.29. The number of rotatable bonds is 5. The van der Waals surface area contributed by atoms with Crippen LogP contribution in [0.5, 0.6) is 0 Å². The molecule has 0 N–H and O–H groups in total. The second kappa shape index (κ2) is 7.81. The summed E-state index contributed by atoms with van der Waals surface area (Å²) in [6, 6.07) is 5.76. The largest absolute Gasteiger partial charge is 0.466 e. The highest BCUT2D eigenvalue weighted by Gasteiger charge is 2.42. The van der Waals surface area contributed by atoms with Crippen LogP contribution in [-0.2, 0) is 23.9 Å². The SMILES string of the molecule is COC(=O)C1=C(C)N(C=O)C(C)=C(C(=O)OC)C1c1ccccc1[N+](=O)[O-]. The first kappa shape index (κ1) is 19.8. The van der Waals surface area contributed by atoms with Gasteiger partial charge in [-0.25, -0.2) is 9.59 Å². The minimum atomic E-state index is -1.12. The summed E-state index contributed by atoms with van der Waals surface area (Å²) in [6.07, 6.45) is 0.451. The molecule has 0 aromatic heterocycles. The molecule has 27 heavy (non-hydrogen) atoms. The van der Waals surface area contributed by atoms with E-state index in [-0.39, 0.29) is 33.8 Å². The summed E-state index contributed by atoms with van der Waals surface area (Å²) in [5.41, 5.74) is 0.170. The van der Waals surface area contributed by atoms with Gasteiger partial charge in [0.15, 0.2) is 0 Å². The van der Waals surface area contributed by atoms with E-state index >= 15 is 0 Å². The van der Waals surface area contributed by atoms with Crippen molar-refractivity contribution < 1.29 is 28.8 Å². The van der Waals surface area contributed by atoms with Gasteiger partial charge in [0.05, 0.1) is 36.2 Å². The highest BCUT2D eigenvalue weighted by molar-refractivity contribution is 6.00. The maximum atomic E-state index is 12.5. The van der Waals surface area contributed by atoms with Crippen LogP contribution in [0.3, 0.4) is 0 Å². The van der Waals surface area contributed by atoms with Gasteiger partial charge >= 0.3 is 11.9 Å². The third kappa shape index (κ3) is 3.31. The number of amides is 1. The highest BCUT2D eigenvalue weighted by atomic mass is 16.6. The Morgan fingerprint density at radius 2 is 1.56 bits per heavy atom. The predicted molar refractivity (Wildman–Crippen MR) is 93.2 cm³/mol. The molecular formula is C18H18N2O7. The Balaban J connectivity index is 2.92. The van der Waals surface area contributed by atoms with E-state index in [9.17, 15) is 24.5 Å². The number of hydrogen-bond acceptors (Lipinski definition) is 7. The number of carbonyl (C=O) groups is 3. The lowest BCUT2D eigenvalue weighted by molar-refractivity contribution is -0.385. The molecule has 0 unspecified atom stereocenters.